The number of nitrogens with one attached hydrogen (secondary N) is 1. The van der Waals surface area contributed by atoms with Gasteiger partial charge in [0.05, 0.1) is 29.5 Å². The van der Waals surface area contributed by atoms with Crippen molar-refractivity contribution in [2.75, 3.05) is 19.6 Å². The van der Waals surface area contributed by atoms with E-state index in [0.29, 0.717) is 25.2 Å². The monoisotopic (exact) mass is 411 g/mol. The number of nitrogens with zero attached hydrogens (tertiary/aromatic N) is 4. The van der Waals surface area contributed by atoms with Gasteiger partial charge in [0.2, 0.25) is 0 Å². The van der Waals surface area contributed by atoms with Crippen LogP contribution >= 0.6 is 0 Å². The summed E-state index contributed by atoms with van der Waals surface area (Å²) >= 11 is 0. The highest BCUT2D eigenvalue weighted by Gasteiger charge is 2.59. The van der Waals surface area contributed by atoms with Gasteiger partial charge in [-0.15, -0.1) is 0 Å². The van der Waals surface area contributed by atoms with Crippen LogP contribution in [0.3, 0.4) is 0 Å². The molecule has 154 valence electrons. The molecule has 0 aromatic heterocycles. The van der Waals surface area contributed by atoms with Crippen LogP contribution in [-0.4, -0.2) is 30.2 Å². The largest absolute Gasteiger partial charge is 0.416 e. The standard InChI is InChI=1S/C22H20F3N5/c1-2-8-30-9-7-14-16(10-26)20(29)21(12-27,13-28)19(17(14)11-30)15-5-3-4-6-18(15)22(23,24)25/h3-7,16-17,19,29H,2,8-9,11H2,1H3. The molecule has 3 unspecified atom stereocenters. The summed E-state index contributed by atoms with van der Waals surface area (Å²) in [5, 5.41) is 38.1. The summed E-state index contributed by atoms with van der Waals surface area (Å²) in [6.45, 7) is 3.53. The minimum atomic E-state index is -4.68. The number of fused-ring (bicyclic) bond motifs is 1. The molecule has 1 heterocycles. The Labute approximate surface area is 173 Å². The third-order valence-electron chi connectivity index (χ3n) is 6.01. The van der Waals surface area contributed by atoms with E-state index in [0.717, 1.165) is 12.5 Å². The molecule has 0 bridgehead atoms. The van der Waals surface area contributed by atoms with Crippen molar-refractivity contribution >= 4 is 5.71 Å². The Bertz CT molecular complexity index is 991. The summed E-state index contributed by atoms with van der Waals surface area (Å²) in [5.74, 6) is -2.94. The van der Waals surface area contributed by atoms with E-state index < -0.39 is 40.6 Å². The first-order valence-electron chi connectivity index (χ1n) is 9.64. The Morgan fingerprint density at radius 3 is 2.43 bits per heavy atom. The maximum Gasteiger partial charge on any atom is 0.416 e. The summed E-state index contributed by atoms with van der Waals surface area (Å²) in [4.78, 5) is 2.04. The zero-order chi connectivity index (χ0) is 22.1. The van der Waals surface area contributed by atoms with Crippen LogP contribution in [0.5, 0.6) is 0 Å². The number of nitriles is 3. The average molecular weight is 411 g/mol. The van der Waals surface area contributed by atoms with E-state index in [1.54, 1.807) is 6.08 Å². The Hall–Kier alpha value is -3.15. The lowest BCUT2D eigenvalue weighted by molar-refractivity contribution is -0.138. The molecule has 1 aromatic carbocycles. The van der Waals surface area contributed by atoms with Crippen molar-refractivity contribution in [1.29, 1.82) is 21.2 Å². The Balaban J connectivity index is 2.30. The quantitative estimate of drug-likeness (QED) is 0.751. The van der Waals surface area contributed by atoms with Crippen LogP contribution in [0.2, 0.25) is 0 Å². The fourth-order valence-corrected chi connectivity index (χ4v) is 4.74. The molecule has 5 nitrogen and oxygen atoms in total. The van der Waals surface area contributed by atoms with Crippen molar-refractivity contribution in [2.45, 2.75) is 25.4 Å². The van der Waals surface area contributed by atoms with Crippen molar-refractivity contribution in [3.8, 4) is 18.2 Å². The van der Waals surface area contributed by atoms with Crippen molar-refractivity contribution in [2.24, 2.45) is 17.3 Å². The first-order valence-corrected chi connectivity index (χ1v) is 9.64. The van der Waals surface area contributed by atoms with Gasteiger partial charge in [0.15, 0.2) is 5.41 Å². The summed E-state index contributed by atoms with van der Waals surface area (Å²) in [6, 6.07) is 10.6. The molecular formula is C22H20F3N5. The second-order valence-electron chi connectivity index (χ2n) is 7.64. The first-order chi connectivity index (χ1) is 14.2. The molecule has 0 amide bonds. The van der Waals surface area contributed by atoms with Gasteiger partial charge in [-0.2, -0.15) is 29.0 Å². The number of hydrogen-bond donors (Lipinski definition) is 1. The Morgan fingerprint density at radius 1 is 1.20 bits per heavy atom. The van der Waals surface area contributed by atoms with Crippen molar-refractivity contribution in [3.05, 3.63) is 47.0 Å². The lowest BCUT2D eigenvalue weighted by Gasteiger charge is -2.48. The summed E-state index contributed by atoms with van der Waals surface area (Å²) in [7, 11) is 0. The SMILES string of the molecule is CCCN1CC=C2C(C#N)C(=N)C(C#N)(C#N)C(c3ccccc3C(F)(F)F)C2C1. The van der Waals surface area contributed by atoms with Crippen LogP contribution in [0.15, 0.2) is 35.9 Å². The van der Waals surface area contributed by atoms with Gasteiger partial charge in [-0.1, -0.05) is 31.2 Å². The van der Waals surface area contributed by atoms with Crippen LogP contribution in [0.25, 0.3) is 0 Å². The van der Waals surface area contributed by atoms with Crippen LogP contribution in [-0.2, 0) is 6.18 Å². The third kappa shape index (κ3) is 3.26. The Morgan fingerprint density at radius 2 is 1.87 bits per heavy atom. The molecule has 1 N–H and O–H groups in total. The Kier molecular flexibility index (Phi) is 5.70. The topological polar surface area (TPSA) is 98.5 Å². The highest BCUT2D eigenvalue weighted by Crippen LogP contribution is 2.55. The molecule has 1 aromatic rings. The van der Waals surface area contributed by atoms with Crippen LogP contribution < -0.4 is 0 Å². The minimum absolute atomic E-state index is 0.177. The average Bonchev–Trinajstić information content (AvgIpc) is 2.73. The first kappa shape index (κ1) is 21.6. The van der Waals surface area contributed by atoms with Crippen LogP contribution in [0.1, 0.15) is 30.4 Å². The van der Waals surface area contributed by atoms with Crippen molar-refractivity contribution < 1.29 is 13.2 Å². The van der Waals surface area contributed by atoms with Gasteiger partial charge in [0, 0.05) is 24.9 Å². The zero-order valence-corrected chi connectivity index (χ0v) is 16.4. The third-order valence-corrected chi connectivity index (χ3v) is 6.01. The van der Waals surface area contributed by atoms with Gasteiger partial charge in [0.25, 0.3) is 0 Å². The number of benzene rings is 1. The summed E-state index contributed by atoms with van der Waals surface area (Å²) in [6.07, 6.45) is -2.06. The second-order valence-corrected chi connectivity index (χ2v) is 7.64. The molecule has 0 saturated heterocycles. The van der Waals surface area contributed by atoms with Gasteiger partial charge in [-0.05, 0) is 30.2 Å². The lowest BCUT2D eigenvalue weighted by atomic mass is 9.54. The molecule has 2 aliphatic rings. The molecule has 30 heavy (non-hydrogen) atoms. The highest BCUT2D eigenvalue weighted by molar-refractivity contribution is 6.00. The van der Waals surface area contributed by atoms with E-state index in [4.69, 9.17) is 5.41 Å². The van der Waals surface area contributed by atoms with Crippen molar-refractivity contribution in [3.63, 3.8) is 0 Å². The summed E-state index contributed by atoms with van der Waals surface area (Å²) in [5.41, 5.74) is -3.15. The molecule has 3 atom stereocenters. The van der Waals surface area contributed by atoms with E-state index >= 15 is 0 Å². The molecule has 1 aliphatic carbocycles. The number of hydrogen-bond acceptors (Lipinski definition) is 5. The van der Waals surface area contributed by atoms with Gasteiger partial charge in [-0.3, -0.25) is 4.90 Å². The maximum atomic E-state index is 13.8. The van der Waals surface area contributed by atoms with Gasteiger partial charge >= 0.3 is 6.18 Å². The normalized spacial score (nSPS) is 26.0. The molecule has 1 fully saturated rings. The molecule has 0 spiro atoms. The second kappa shape index (κ2) is 7.94. The van der Waals surface area contributed by atoms with Gasteiger partial charge < -0.3 is 5.41 Å². The van der Waals surface area contributed by atoms with E-state index in [1.807, 2.05) is 30.0 Å². The fourth-order valence-electron chi connectivity index (χ4n) is 4.74. The molecule has 0 radical (unpaired) electrons. The van der Waals surface area contributed by atoms with Crippen LogP contribution in [0, 0.1) is 56.7 Å². The predicted octanol–water partition coefficient (Wildman–Crippen LogP) is 4.26. The number of rotatable bonds is 3. The summed E-state index contributed by atoms with van der Waals surface area (Å²) < 4.78 is 41.5. The van der Waals surface area contributed by atoms with Crippen molar-refractivity contribution in [1.82, 2.24) is 4.90 Å². The van der Waals surface area contributed by atoms with Gasteiger partial charge in [0.1, 0.15) is 5.92 Å². The van der Waals surface area contributed by atoms with E-state index in [9.17, 15) is 29.0 Å². The molecule has 1 aliphatic heterocycles. The maximum absolute atomic E-state index is 13.8. The number of alkyl halides is 3. The van der Waals surface area contributed by atoms with Crippen LogP contribution in [0.4, 0.5) is 13.2 Å². The van der Waals surface area contributed by atoms with E-state index in [2.05, 4.69) is 0 Å². The van der Waals surface area contributed by atoms with Gasteiger partial charge in [-0.25, -0.2) is 0 Å². The highest BCUT2D eigenvalue weighted by atomic mass is 19.4. The molecule has 3 rings (SSSR count). The number of halogens is 3. The molecule has 1 saturated carbocycles. The zero-order valence-electron chi connectivity index (χ0n) is 16.4. The smallest absolute Gasteiger partial charge is 0.305 e. The molecular weight excluding hydrogens is 391 g/mol. The minimum Gasteiger partial charge on any atom is -0.305 e. The molecule has 8 heteroatoms. The lowest BCUT2D eigenvalue weighted by Crippen LogP contribution is -2.53. The van der Waals surface area contributed by atoms with E-state index in [1.165, 1.54) is 18.2 Å². The van der Waals surface area contributed by atoms with E-state index in [-0.39, 0.29) is 5.56 Å². The predicted molar refractivity (Wildman–Crippen MR) is 103 cm³/mol. The fraction of sp³-hybridized carbons (Fsp3) is 0.455.